The van der Waals surface area contributed by atoms with E-state index in [-0.39, 0.29) is 4.90 Å². The number of benzene rings is 1. The van der Waals surface area contributed by atoms with Crippen LogP contribution >= 0.6 is 11.3 Å². The molecule has 1 amide bonds. The van der Waals surface area contributed by atoms with Crippen LogP contribution in [0.25, 0.3) is 0 Å². The Labute approximate surface area is 173 Å². The van der Waals surface area contributed by atoms with E-state index in [1.54, 1.807) is 26.0 Å². The zero-order chi connectivity index (χ0) is 21.0. The van der Waals surface area contributed by atoms with Crippen molar-refractivity contribution in [3.8, 4) is 0 Å². The Morgan fingerprint density at radius 1 is 1.21 bits per heavy atom. The quantitative estimate of drug-likeness (QED) is 0.697. The van der Waals surface area contributed by atoms with Crippen LogP contribution in [0.1, 0.15) is 40.2 Å². The highest BCUT2D eigenvalue weighted by molar-refractivity contribution is 7.89. The van der Waals surface area contributed by atoms with Gasteiger partial charge in [-0.05, 0) is 44.4 Å². The van der Waals surface area contributed by atoms with E-state index in [2.05, 4.69) is 10.3 Å². The smallest absolute Gasteiger partial charge is 0.350 e. The number of ether oxygens (including phenoxy) is 1. The van der Waals surface area contributed by atoms with Crippen LogP contribution in [0.2, 0.25) is 0 Å². The van der Waals surface area contributed by atoms with Crippen molar-refractivity contribution in [2.45, 2.75) is 38.0 Å². The van der Waals surface area contributed by atoms with Gasteiger partial charge in [0.1, 0.15) is 4.88 Å². The first-order valence-electron chi connectivity index (χ1n) is 9.27. The molecule has 3 rings (SSSR count). The van der Waals surface area contributed by atoms with Crippen LogP contribution in [0.15, 0.2) is 28.6 Å². The predicted molar refractivity (Wildman–Crippen MR) is 110 cm³/mol. The number of carbonyl (C=O) groups excluding carboxylic acids is 2. The Bertz CT molecular complexity index is 1010. The monoisotopic (exact) mass is 437 g/mol. The molecule has 2 heterocycles. The largest absolute Gasteiger partial charge is 0.451 e. The van der Waals surface area contributed by atoms with E-state index in [9.17, 15) is 18.0 Å². The van der Waals surface area contributed by atoms with Gasteiger partial charge < -0.3 is 10.1 Å². The van der Waals surface area contributed by atoms with E-state index in [0.29, 0.717) is 34.9 Å². The Balaban J connectivity index is 1.67. The van der Waals surface area contributed by atoms with E-state index in [4.69, 9.17) is 4.74 Å². The number of nitrogens with one attached hydrogen (secondary N) is 1. The number of hydrogen-bond donors (Lipinski definition) is 1. The third-order valence-electron chi connectivity index (χ3n) is 4.70. The first-order chi connectivity index (χ1) is 13.8. The topological polar surface area (TPSA) is 106 Å². The SMILES string of the molecule is Cc1ccc(S(=O)(=O)N2CCCCC2)cc1NC(=O)COC(=O)c1scnc1C. The molecule has 0 spiro atoms. The van der Waals surface area contributed by atoms with Gasteiger partial charge >= 0.3 is 5.97 Å². The van der Waals surface area contributed by atoms with Crippen LogP contribution in [0.4, 0.5) is 5.69 Å². The molecule has 0 atom stereocenters. The summed E-state index contributed by atoms with van der Waals surface area (Å²) < 4.78 is 32.2. The molecule has 0 unspecified atom stereocenters. The molecule has 1 aromatic heterocycles. The highest BCUT2D eigenvalue weighted by Crippen LogP contribution is 2.25. The molecule has 0 bridgehead atoms. The third-order valence-corrected chi connectivity index (χ3v) is 7.50. The van der Waals surface area contributed by atoms with Crippen molar-refractivity contribution in [1.29, 1.82) is 0 Å². The van der Waals surface area contributed by atoms with Crippen LogP contribution in [-0.4, -0.2) is 49.3 Å². The summed E-state index contributed by atoms with van der Waals surface area (Å²) in [5, 5.41) is 2.63. The first-order valence-corrected chi connectivity index (χ1v) is 11.6. The number of hydrogen-bond acceptors (Lipinski definition) is 7. The van der Waals surface area contributed by atoms with E-state index >= 15 is 0 Å². The molecule has 1 fully saturated rings. The first kappa shape index (κ1) is 21.4. The Kier molecular flexibility index (Phi) is 6.66. The molecule has 0 saturated carbocycles. The van der Waals surface area contributed by atoms with Gasteiger partial charge in [-0.3, -0.25) is 4.79 Å². The van der Waals surface area contributed by atoms with Crippen molar-refractivity contribution >= 4 is 38.9 Å². The lowest BCUT2D eigenvalue weighted by Crippen LogP contribution is -2.35. The zero-order valence-electron chi connectivity index (χ0n) is 16.3. The van der Waals surface area contributed by atoms with Gasteiger partial charge in [0, 0.05) is 18.8 Å². The molecule has 1 N–H and O–H groups in total. The number of thiazole rings is 1. The van der Waals surface area contributed by atoms with E-state index in [0.717, 1.165) is 30.6 Å². The number of esters is 1. The van der Waals surface area contributed by atoms with E-state index in [1.165, 1.54) is 15.9 Å². The summed E-state index contributed by atoms with van der Waals surface area (Å²) in [6, 6.07) is 4.65. The number of piperidine rings is 1. The lowest BCUT2D eigenvalue weighted by Gasteiger charge is -2.26. The number of anilines is 1. The van der Waals surface area contributed by atoms with Crippen molar-refractivity contribution in [2.75, 3.05) is 25.0 Å². The fraction of sp³-hybridized carbons (Fsp3) is 0.421. The molecule has 10 heteroatoms. The van der Waals surface area contributed by atoms with Crippen molar-refractivity contribution in [3.05, 3.63) is 39.8 Å². The minimum atomic E-state index is -3.61. The predicted octanol–water partition coefficient (Wildman–Crippen LogP) is 2.73. The lowest BCUT2D eigenvalue weighted by atomic mass is 10.2. The number of sulfonamides is 1. The second-order valence-electron chi connectivity index (χ2n) is 6.83. The minimum absolute atomic E-state index is 0.137. The summed E-state index contributed by atoms with van der Waals surface area (Å²) in [6.07, 6.45) is 2.72. The van der Waals surface area contributed by atoms with Crippen molar-refractivity contribution in [2.24, 2.45) is 0 Å². The van der Waals surface area contributed by atoms with Crippen molar-refractivity contribution in [3.63, 3.8) is 0 Å². The normalized spacial score (nSPS) is 15.1. The number of aromatic nitrogens is 1. The molecule has 0 radical (unpaired) electrons. The molecule has 8 nitrogen and oxygen atoms in total. The third kappa shape index (κ3) is 5.01. The number of amides is 1. The Hall–Kier alpha value is -2.30. The van der Waals surface area contributed by atoms with Crippen LogP contribution in [0, 0.1) is 13.8 Å². The molecular formula is C19H23N3O5S2. The zero-order valence-corrected chi connectivity index (χ0v) is 17.9. The maximum absolute atomic E-state index is 12.9. The second kappa shape index (κ2) is 9.02. The van der Waals surface area contributed by atoms with Gasteiger partial charge in [-0.25, -0.2) is 18.2 Å². The highest BCUT2D eigenvalue weighted by Gasteiger charge is 2.26. The molecule has 0 aliphatic carbocycles. The van der Waals surface area contributed by atoms with Crippen LogP contribution in [0.3, 0.4) is 0 Å². The summed E-state index contributed by atoms with van der Waals surface area (Å²) in [5.41, 5.74) is 3.16. The van der Waals surface area contributed by atoms with Crippen molar-refractivity contribution < 1.29 is 22.7 Å². The number of aryl methyl sites for hydroxylation is 2. The van der Waals surface area contributed by atoms with E-state index in [1.807, 2.05) is 0 Å². The minimum Gasteiger partial charge on any atom is -0.451 e. The average Bonchev–Trinajstić information content (AvgIpc) is 3.14. The number of nitrogens with zero attached hydrogens (tertiary/aromatic N) is 2. The van der Waals surface area contributed by atoms with Crippen LogP contribution in [0.5, 0.6) is 0 Å². The highest BCUT2D eigenvalue weighted by atomic mass is 32.2. The standard InChI is InChI=1S/C19H23N3O5S2/c1-13-6-7-15(29(25,26)22-8-4-3-5-9-22)10-16(13)21-17(23)11-27-19(24)18-14(2)20-12-28-18/h6-7,10,12H,3-5,8-9,11H2,1-2H3,(H,21,23). The van der Waals surface area contributed by atoms with Gasteiger partial charge in [-0.15, -0.1) is 11.3 Å². The fourth-order valence-electron chi connectivity index (χ4n) is 3.03. The summed E-state index contributed by atoms with van der Waals surface area (Å²) >= 11 is 1.15. The van der Waals surface area contributed by atoms with Crippen LogP contribution < -0.4 is 5.32 Å². The molecule has 29 heavy (non-hydrogen) atoms. The Morgan fingerprint density at radius 3 is 2.59 bits per heavy atom. The molecule has 1 aliphatic rings. The molecular weight excluding hydrogens is 414 g/mol. The van der Waals surface area contributed by atoms with E-state index < -0.39 is 28.5 Å². The second-order valence-corrected chi connectivity index (χ2v) is 9.63. The van der Waals surface area contributed by atoms with Gasteiger partial charge in [0.25, 0.3) is 5.91 Å². The number of carbonyl (C=O) groups is 2. The fourth-order valence-corrected chi connectivity index (χ4v) is 5.27. The maximum atomic E-state index is 12.9. The van der Waals surface area contributed by atoms with Gasteiger partial charge in [-0.2, -0.15) is 4.31 Å². The summed E-state index contributed by atoms with van der Waals surface area (Å²) in [7, 11) is -3.61. The van der Waals surface area contributed by atoms with Crippen LogP contribution in [-0.2, 0) is 19.6 Å². The number of rotatable bonds is 6. The molecule has 2 aromatic rings. The summed E-state index contributed by atoms with van der Waals surface area (Å²) in [5.74, 6) is -1.16. The summed E-state index contributed by atoms with van der Waals surface area (Å²) in [6.45, 7) is 3.98. The summed E-state index contributed by atoms with van der Waals surface area (Å²) in [4.78, 5) is 28.7. The molecule has 156 valence electrons. The Morgan fingerprint density at radius 2 is 1.93 bits per heavy atom. The average molecular weight is 438 g/mol. The molecule has 1 saturated heterocycles. The van der Waals surface area contributed by atoms with Crippen molar-refractivity contribution in [1.82, 2.24) is 9.29 Å². The molecule has 1 aromatic carbocycles. The van der Waals surface area contributed by atoms with Gasteiger partial charge in [-0.1, -0.05) is 12.5 Å². The maximum Gasteiger partial charge on any atom is 0.350 e. The van der Waals surface area contributed by atoms with Gasteiger partial charge in [0.2, 0.25) is 10.0 Å². The van der Waals surface area contributed by atoms with Gasteiger partial charge in [0.05, 0.1) is 16.1 Å². The molecule has 1 aliphatic heterocycles. The lowest BCUT2D eigenvalue weighted by molar-refractivity contribution is -0.119. The van der Waals surface area contributed by atoms with Gasteiger partial charge in [0.15, 0.2) is 6.61 Å².